The van der Waals surface area contributed by atoms with Crippen LogP contribution in [0.3, 0.4) is 0 Å². The van der Waals surface area contributed by atoms with E-state index in [-0.39, 0.29) is 11.7 Å². The van der Waals surface area contributed by atoms with Crippen LogP contribution in [0, 0.1) is 6.92 Å². The van der Waals surface area contributed by atoms with E-state index >= 15 is 0 Å². The summed E-state index contributed by atoms with van der Waals surface area (Å²) in [5, 5.41) is 3.42. The van der Waals surface area contributed by atoms with E-state index in [2.05, 4.69) is 27.1 Å². The van der Waals surface area contributed by atoms with Crippen molar-refractivity contribution in [3.8, 4) is 0 Å². The third-order valence-corrected chi connectivity index (χ3v) is 6.28. The Bertz CT molecular complexity index is 692. The molecule has 2 aliphatic rings. The first-order valence-electron chi connectivity index (χ1n) is 9.16. The van der Waals surface area contributed by atoms with Crippen LogP contribution in [-0.2, 0) is 11.3 Å². The number of hydrogen-bond donors (Lipinski definition) is 1. The van der Waals surface area contributed by atoms with Crippen molar-refractivity contribution in [2.24, 2.45) is 0 Å². The lowest BCUT2D eigenvalue weighted by Gasteiger charge is -2.39. The molecule has 1 spiro atoms. The van der Waals surface area contributed by atoms with Crippen LogP contribution in [-0.4, -0.2) is 46.2 Å². The predicted octanol–water partition coefficient (Wildman–Crippen LogP) is 3.47. The number of thiazole rings is 1. The molecule has 2 aromatic rings. The molecule has 4 rings (SSSR count). The van der Waals surface area contributed by atoms with Gasteiger partial charge >= 0.3 is 0 Å². The van der Waals surface area contributed by atoms with Crippen molar-refractivity contribution in [1.82, 2.24) is 14.9 Å². The monoisotopic (exact) mass is 358 g/mol. The average molecular weight is 359 g/mol. The van der Waals surface area contributed by atoms with Crippen molar-refractivity contribution >= 4 is 17.2 Å². The molecule has 2 atom stereocenters. The van der Waals surface area contributed by atoms with Gasteiger partial charge < -0.3 is 10.1 Å². The quantitative estimate of drug-likeness (QED) is 0.887. The molecule has 1 N–H and O–H groups in total. The van der Waals surface area contributed by atoms with Crippen LogP contribution in [0.15, 0.2) is 29.9 Å². The highest BCUT2D eigenvalue weighted by Crippen LogP contribution is 2.37. The number of ether oxygens (including phenoxy) is 1. The molecule has 2 fully saturated rings. The van der Waals surface area contributed by atoms with E-state index in [0.717, 1.165) is 44.8 Å². The molecule has 0 radical (unpaired) electrons. The number of pyridine rings is 1. The van der Waals surface area contributed by atoms with Gasteiger partial charge in [0, 0.05) is 37.3 Å². The van der Waals surface area contributed by atoms with Gasteiger partial charge in [-0.15, -0.1) is 11.3 Å². The van der Waals surface area contributed by atoms with E-state index in [1.807, 2.05) is 29.9 Å². The van der Waals surface area contributed by atoms with Crippen LogP contribution in [0.2, 0.25) is 0 Å². The van der Waals surface area contributed by atoms with E-state index in [1.165, 1.54) is 23.4 Å². The fourth-order valence-electron chi connectivity index (χ4n) is 4.00. The molecule has 0 saturated carbocycles. The van der Waals surface area contributed by atoms with Gasteiger partial charge in [0.1, 0.15) is 5.82 Å². The molecule has 25 heavy (non-hydrogen) atoms. The normalized spacial score (nSPS) is 27.0. The van der Waals surface area contributed by atoms with E-state index in [0.29, 0.717) is 0 Å². The van der Waals surface area contributed by atoms with Crippen LogP contribution in [0.4, 0.5) is 5.82 Å². The van der Waals surface area contributed by atoms with E-state index < -0.39 is 0 Å². The maximum absolute atomic E-state index is 6.59. The summed E-state index contributed by atoms with van der Waals surface area (Å²) in [6.45, 7) is 6.13. The van der Waals surface area contributed by atoms with Crippen molar-refractivity contribution < 1.29 is 4.74 Å². The first-order chi connectivity index (χ1) is 12.2. The van der Waals surface area contributed by atoms with Crippen LogP contribution in [0.25, 0.3) is 0 Å². The van der Waals surface area contributed by atoms with Gasteiger partial charge in [-0.1, -0.05) is 6.07 Å². The first kappa shape index (κ1) is 16.9. The van der Waals surface area contributed by atoms with Crippen molar-refractivity contribution in [1.29, 1.82) is 0 Å². The number of hydrogen-bond acceptors (Lipinski definition) is 6. The van der Waals surface area contributed by atoms with Crippen molar-refractivity contribution in [2.45, 2.75) is 50.9 Å². The minimum Gasteiger partial charge on any atom is -0.369 e. The molecule has 0 amide bonds. The summed E-state index contributed by atoms with van der Waals surface area (Å²) in [7, 11) is 0. The van der Waals surface area contributed by atoms with Crippen LogP contribution >= 0.6 is 11.3 Å². The standard InChI is InChI=1S/C19H26N4OS/c1-15-17(25-14-22-15)12-23-10-8-19(13-23)7-4-5-16(24-19)11-21-18-6-2-3-9-20-18/h2-3,6,9,14,16H,4-5,7-8,10-13H2,1H3,(H,20,21)/t16-,19-/m0/s1. The Morgan fingerprint density at radius 1 is 1.36 bits per heavy atom. The Morgan fingerprint density at radius 2 is 2.32 bits per heavy atom. The van der Waals surface area contributed by atoms with Gasteiger partial charge in [-0.3, -0.25) is 4.90 Å². The van der Waals surface area contributed by atoms with Gasteiger partial charge in [0.05, 0.1) is 22.9 Å². The number of anilines is 1. The van der Waals surface area contributed by atoms with E-state index in [1.54, 1.807) is 11.3 Å². The zero-order valence-electron chi connectivity index (χ0n) is 14.8. The molecule has 5 nitrogen and oxygen atoms in total. The smallest absolute Gasteiger partial charge is 0.125 e. The fourth-order valence-corrected chi connectivity index (χ4v) is 4.81. The Hall–Kier alpha value is -1.50. The van der Waals surface area contributed by atoms with Gasteiger partial charge in [-0.05, 0) is 44.7 Å². The third kappa shape index (κ3) is 4.02. The molecule has 2 saturated heterocycles. The predicted molar refractivity (Wildman–Crippen MR) is 101 cm³/mol. The number of nitrogens with one attached hydrogen (secondary N) is 1. The third-order valence-electron chi connectivity index (χ3n) is 5.36. The minimum atomic E-state index is 0.0489. The molecule has 2 aromatic heterocycles. The summed E-state index contributed by atoms with van der Waals surface area (Å²) < 4.78 is 6.59. The molecular formula is C19H26N4OS. The number of likely N-dealkylation sites (tertiary alicyclic amines) is 1. The van der Waals surface area contributed by atoms with Gasteiger partial charge in [0.25, 0.3) is 0 Å². The summed E-state index contributed by atoms with van der Waals surface area (Å²) in [6.07, 6.45) is 6.82. The molecule has 6 heteroatoms. The summed E-state index contributed by atoms with van der Waals surface area (Å²) in [5.74, 6) is 0.930. The molecule has 0 unspecified atom stereocenters. The van der Waals surface area contributed by atoms with Gasteiger partial charge in [-0.2, -0.15) is 0 Å². The van der Waals surface area contributed by atoms with Crippen LogP contribution in [0.1, 0.15) is 36.3 Å². The lowest BCUT2D eigenvalue weighted by molar-refractivity contribution is -0.115. The van der Waals surface area contributed by atoms with E-state index in [9.17, 15) is 0 Å². The van der Waals surface area contributed by atoms with Crippen molar-refractivity contribution in [3.63, 3.8) is 0 Å². The Kier molecular flexibility index (Phi) is 5.01. The maximum atomic E-state index is 6.59. The fraction of sp³-hybridized carbons (Fsp3) is 0.579. The second kappa shape index (κ2) is 7.40. The highest BCUT2D eigenvalue weighted by Gasteiger charge is 2.42. The second-order valence-corrected chi connectivity index (χ2v) is 8.17. The van der Waals surface area contributed by atoms with Crippen molar-refractivity contribution in [2.75, 3.05) is 25.0 Å². The Labute approximate surface area is 153 Å². The molecular weight excluding hydrogens is 332 g/mol. The molecule has 0 bridgehead atoms. The summed E-state index contributed by atoms with van der Waals surface area (Å²) >= 11 is 1.77. The number of rotatable bonds is 5. The largest absolute Gasteiger partial charge is 0.369 e. The summed E-state index contributed by atoms with van der Waals surface area (Å²) in [4.78, 5) is 12.6. The summed E-state index contributed by atoms with van der Waals surface area (Å²) in [5.41, 5.74) is 3.17. The lowest BCUT2D eigenvalue weighted by Crippen LogP contribution is -2.45. The molecule has 0 aliphatic carbocycles. The summed E-state index contributed by atoms with van der Waals surface area (Å²) in [6, 6.07) is 5.96. The first-order valence-corrected chi connectivity index (χ1v) is 10.0. The average Bonchev–Trinajstić information content (AvgIpc) is 3.21. The number of nitrogens with zero attached hydrogens (tertiary/aromatic N) is 3. The minimum absolute atomic E-state index is 0.0489. The van der Waals surface area contributed by atoms with Gasteiger partial charge in [0.15, 0.2) is 0 Å². The SMILES string of the molecule is Cc1ncsc1CN1CC[C@@]2(CCC[C@@H](CNc3ccccn3)O2)C1. The lowest BCUT2D eigenvalue weighted by atomic mass is 9.90. The van der Waals surface area contributed by atoms with Crippen LogP contribution in [0.5, 0.6) is 0 Å². The number of aromatic nitrogens is 2. The zero-order valence-corrected chi connectivity index (χ0v) is 15.6. The van der Waals surface area contributed by atoms with Crippen molar-refractivity contribution in [3.05, 3.63) is 40.5 Å². The highest BCUT2D eigenvalue weighted by molar-refractivity contribution is 7.09. The topological polar surface area (TPSA) is 50.3 Å². The van der Waals surface area contributed by atoms with Crippen LogP contribution < -0.4 is 5.32 Å². The number of aryl methyl sites for hydroxylation is 1. The van der Waals surface area contributed by atoms with Gasteiger partial charge in [-0.25, -0.2) is 9.97 Å². The highest BCUT2D eigenvalue weighted by atomic mass is 32.1. The van der Waals surface area contributed by atoms with E-state index in [4.69, 9.17) is 4.74 Å². The Morgan fingerprint density at radius 3 is 3.12 bits per heavy atom. The molecule has 4 heterocycles. The molecule has 2 aliphatic heterocycles. The van der Waals surface area contributed by atoms with Gasteiger partial charge in [0.2, 0.25) is 0 Å². The molecule has 134 valence electrons. The zero-order chi connectivity index (χ0) is 17.1. The second-order valence-electron chi connectivity index (χ2n) is 7.23. The maximum Gasteiger partial charge on any atom is 0.125 e. The Balaban J connectivity index is 1.32. The molecule has 0 aromatic carbocycles.